The van der Waals surface area contributed by atoms with Crippen LogP contribution in [0.4, 0.5) is 0 Å². The van der Waals surface area contributed by atoms with Gasteiger partial charge in [0.25, 0.3) is 0 Å². The third-order valence-corrected chi connectivity index (χ3v) is 3.80. The Balaban J connectivity index is 2.94. The molecule has 4 nitrogen and oxygen atoms in total. The maximum Gasteiger partial charge on any atom is 0.241 e. The average Bonchev–Trinajstić information content (AvgIpc) is 2.49. The van der Waals surface area contributed by atoms with Crippen molar-refractivity contribution in [2.24, 2.45) is 5.10 Å². The minimum Gasteiger partial charge on any atom is -0.292 e. The Bertz CT molecular complexity index is 289. The van der Waals surface area contributed by atoms with Crippen LogP contribution in [-0.4, -0.2) is 25.7 Å². The van der Waals surface area contributed by atoms with Gasteiger partial charge in [-0.15, -0.1) is 0 Å². The van der Waals surface area contributed by atoms with Gasteiger partial charge < -0.3 is 0 Å². The molecule has 14 heavy (non-hydrogen) atoms. The normalized spacial score (nSPS) is 22.0. The molecular formula is C5H3Cl5N4. The van der Waals surface area contributed by atoms with E-state index in [2.05, 4.69) is 10.5 Å². The Morgan fingerprint density at radius 3 is 2.36 bits per heavy atom. The quantitative estimate of drug-likeness (QED) is 0.596. The lowest BCUT2D eigenvalue weighted by Crippen LogP contribution is -2.53. The van der Waals surface area contributed by atoms with E-state index in [9.17, 15) is 0 Å². The van der Waals surface area contributed by atoms with E-state index in [0.717, 1.165) is 4.90 Å². The molecule has 0 saturated carbocycles. The molecule has 0 aromatic rings. The number of rotatable bonds is 1. The second-order valence-electron chi connectivity index (χ2n) is 2.35. The van der Waals surface area contributed by atoms with Crippen molar-refractivity contribution in [3.8, 4) is 6.07 Å². The van der Waals surface area contributed by atoms with Crippen LogP contribution in [0, 0.1) is 11.3 Å². The first-order chi connectivity index (χ1) is 6.30. The molecule has 0 aromatic carbocycles. The highest BCUT2D eigenvalue weighted by Gasteiger charge is 2.53. The molecule has 1 unspecified atom stereocenters. The smallest absolute Gasteiger partial charge is 0.241 e. The minimum absolute atomic E-state index is 0.861. The molecule has 0 spiro atoms. The fourth-order valence-corrected chi connectivity index (χ4v) is 1.34. The molecular weight excluding hydrogens is 293 g/mol. The lowest BCUT2D eigenvalue weighted by atomic mass is 10.4. The summed E-state index contributed by atoms with van der Waals surface area (Å²) in [6, 6.07) is 1.84. The zero-order valence-corrected chi connectivity index (χ0v) is 10.2. The third-order valence-electron chi connectivity index (χ3n) is 1.44. The number of nitrogens with zero attached hydrogens (tertiary/aromatic N) is 3. The van der Waals surface area contributed by atoms with E-state index in [4.69, 9.17) is 63.3 Å². The summed E-state index contributed by atoms with van der Waals surface area (Å²) in [5.41, 5.74) is 2.42. The van der Waals surface area contributed by atoms with Crippen molar-refractivity contribution in [2.75, 3.05) is 0 Å². The number of nitrogens with one attached hydrogen (secondary N) is 1. The molecule has 78 valence electrons. The highest BCUT2D eigenvalue weighted by Crippen LogP contribution is 2.48. The summed E-state index contributed by atoms with van der Waals surface area (Å²) in [6.07, 6.45) is 0.330. The van der Waals surface area contributed by atoms with Crippen molar-refractivity contribution in [3.05, 3.63) is 0 Å². The Morgan fingerprint density at radius 2 is 1.93 bits per heavy atom. The number of nitriles is 1. The van der Waals surface area contributed by atoms with Crippen LogP contribution in [0.3, 0.4) is 0 Å². The predicted molar refractivity (Wildman–Crippen MR) is 57.6 cm³/mol. The largest absolute Gasteiger partial charge is 0.292 e. The van der Waals surface area contributed by atoms with E-state index in [-0.39, 0.29) is 0 Å². The predicted octanol–water partition coefficient (Wildman–Crippen LogP) is 2.19. The molecule has 0 amide bonds. The van der Waals surface area contributed by atoms with E-state index >= 15 is 0 Å². The van der Waals surface area contributed by atoms with E-state index in [1.165, 1.54) is 6.34 Å². The molecule has 1 rings (SSSR count). The number of hydrogen-bond acceptors (Lipinski definition) is 4. The van der Waals surface area contributed by atoms with Crippen molar-refractivity contribution in [1.29, 1.82) is 5.26 Å². The van der Waals surface area contributed by atoms with Crippen molar-refractivity contribution >= 4 is 64.3 Å². The number of halogens is 5. The van der Waals surface area contributed by atoms with Crippen molar-refractivity contribution in [2.45, 2.75) is 14.4 Å². The molecule has 1 atom stereocenters. The molecule has 1 heterocycles. The Labute approximate surface area is 105 Å². The number of hydrazone groups is 1. The summed E-state index contributed by atoms with van der Waals surface area (Å²) in [4.78, 5) is 1.10. The van der Waals surface area contributed by atoms with Gasteiger partial charge in [0.1, 0.15) is 12.4 Å². The molecule has 0 bridgehead atoms. The van der Waals surface area contributed by atoms with Crippen molar-refractivity contribution in [3.63, 3.8) is 0 Å². The summed E-state index contributed by atoms with van der Waals surface area (Å²) >= 11 is 28.3. The monoisotopic (exact) mass is 294 g/mol. The second kappa shape index (κ2) is 3.99. The van der Waals surface area contributed by atoms with Gasteiger partial charge in [0.2, 0.25) is 14.4 Å². The molecule has 1 aliphatic heterocycles. The van der Waals surface area contributed by atoms with Crippen LogP contribution in [0.25, 0.3) is 0 Å². The van der Waals surface area contributed by atoms with Crippen LogP contribution >= 0.6 is 58.0 Å². The van der Waals surface area contributed by atoms with E-state index < -0.39 is 14.4 Å². The molecule has 9 heteroatoms. The first-order valence-corrected chi connectivity index (χ1v) is 5.11. The summed E-state index contributed by atoms with van der Waals surface area (Å²) in [5.74, 6) is 0. The highest BCUT2D eigenvalue weighted by atomic mass is 35.6. The average molecular weight is 296 g/mol. The van der Waals surface area contributed by atoms with Crippen LogP contribution in [0.1, 0.15) is 0 Å². The van der Waals surface area contributed by atoms with Crippen LogP contribution in [-0.2, 0) is 0 Å². The Morgan fingerprint density at radius 1 is 1.36 bits per heavy atom. The topological polar surface area (TPSA) is 51.4 Å². The van der Waals surface area contributed by atoms with Gasteiger partial charge in [0, 0.05) is 0 Å². The zero-order valence-electron chi connectivity index (χ0n) is 6.39. The van der Waals surface area contributed by atoms with Gasteiger partial charge in [-0.2, -0.15) is 10.4 Å². The Hall–Kier alpha value is 0.210. The standard InChI is InChI=1S/C5H3Cl5N4/c6-4(7,8)5(9,10)14-2-12-13-3(14)1-11/h2-3,13H. The van der Waals surface area contributed by atoms with E-state index in [1.54, 1.807) is 0 Å². The molecule has 0 saturated heterocycles. The van der Waals surface area contributed by atoms with Gasteiger partial charge in [0.15, 0.2) is 0 Å². The van der Waals surface area contributed by atoms with Gasteiger partial charge in [0.05, 0.1) is 0 Å². The third kappa shape index (κ3) is 2.07. The minimum atomic E-state index is -1.97. The van der Waals surface area contributed by atoms with E-state index in [1.807, 2.05) is 6.07 Å². The van der Waals surface area contributed by atoms with Gasteiger partial charge in [-0.05, 0) is 0 Å². The molecule has 0 radical (unpaired) electrons. The number of hydrogen-bond donors (Lipinski definition) is 1. The summed E-state index contributed by atoms with van der Waals surface area (Å²) in [7, 11) is 0. The molecule has 0 fully saturated rings. The first-order valence-electron chi connectivity index (χ1n) is 3.22. The van der Waals surface area contributed by atoms with Crippen molar-refractivity contribution < 1.29 is 0 Å². The fraction of sp³-hybridized carbons (Fsp3) is 0.600. The van der Waals surface area contributed by atoms with Crippen LogP contribution in [0.5, 0.6) is 0 Å². The summed E-state index contributed by atoms with van der Waals surface area (Å²) in [5, 5.41) is 12.3. The summed E-state index contributed by atoms with van der Waals surface area (Å²) in [6.45, 7) is 0. The summed E-state index contributed by atoms with van der Waals surface area (Å²) < 4.78 is -3.84. The molecule has 0 aliphatic carbocycles. The Kier molecular flexibility index (Phi) is 3.50. The number of alkyl halides is 5. The lowest BCUT2D eigenvalue weighted by molar-refractivity contribution is 0.313. The fourth-order valence-electron chi connectivity index (χ4n) is 0.767. The van der Waals surface area contributed by atoms with E-state index in [0.29, 0.717) is 0 Å². The van der Waals surface area contributed by atoms with Crippen molar-refractivity contribution in [1.82, 2.24) is 10.3 Å². The van der Waals surface area contributed by atoms with Gasteiger partial charge in [-0.1, -0.05) is 58.0 Å². The maximum atomic E-state index is 8.68. The second-order valence-corrected chi connectivity index (χ2v) is 5.92. The van der Waals surface area contributed by atoms with Gasteiger partial charge >= 0.3 is 0 Å². The lowest BCUT2D eigenvalue weighted by Gasteiger charge is -2.36. The van der Waals surface area contributed by atoms with Crippen LogP contribution in [0.15, 0.2) is 5.10 Å². The van der Waals surface area contributed by atoms with Gasteiger partial charge in [-0.3, -0.25) is 10.3 Å². The van der Waals surface area contributed by atoms with Crippen LogP contribution < -0.4 is 5.43 Å². The highest BCUT2D eigenvalue weighted by molar-refractivity contribution is 6.75. The zero-order chi connectivity index (χ0) is 11.0. The first kappa shape index (κ1) is 12.3. The van der Waals surface area contributed by atoms with Gasteiger partial charge in [-0.25, -0.2) is 0 Å². The molecule has 1 N–H and O–H groups in total. The molecule has 0 aromatic heterocycles. The maximum absolute atomic E-state index is 8.68. The SMILES string of the molecule is N#CC1NN=CN1C(Cl)(Cl)C(Cl)(Cl)Cl. The molecule has 1 aliphatic rings. The van der Waals surface area contributed by atoms with Crippen LogP contribution in [0.2, 0.25) is 0 Å².